The third-order valence-corrected chi connectivity index (χ3v) is 5.14. The van der Waals surface area contributed by atoms with E-state index < -0.39 is 0 Å². The van der Waals surface area contributed by atoms with Crippen molar-refractivity contribution >= 4 is 0 Å². The van der Waals surface area contributed by atoms with Gasteiger partial charge < -0.3 is 14.4 Å². The van der Waals surface area contributed by atoms with Crippen molar-refractivity contribution in [3.8, 4) is 5.75 Å². The Morgan fingerprint density at radius 3 is 2.68 bits per heavy atom. The topological polar surface area (TPSA) is 58.7 Å². The van der Waals surface area contributed by atoms with Crippen molar-refractivity contribution in [1.29, 1.82) is 0 Å². The lowest BCUT2D eigenvalue weighted by atomic mass is 9.82. The van der Waals surface area contributed by atoms with Gasteiger partial charge in [0.25, 0.3) is 0 Å². The number of benzene rings is 1. The van der Waals surface area contributed by atoms with Crippen molar-refractivity contribution < 1.29 is 14.4 Å². The summed E-state index contributed by atoms with van der Waals surface area (Å²) in [6.45, 7) is 9.70. The van der Waals surface area contributed by atoms with Gasteiger partial charge in [-0.15, -0.1) is 0 Å². The average molecular weight is 344 g/mol. The van der Waals surface area contributed by atoms with Crippen LogP contribution < -0.4 is 4.74 Å². The van der Waals surface area contributed by atoms with Gasteiger partial charge in [-0.2, -0.15) is 0 Å². The van der Waals surface area contributed by atoms with Crippen molar-refractivity contribution in [2.75, 3.05) is 19.7 Å². The molecular weight excluding hydrogens is 316 g/mol. The summed E-state index contributed by atoms with van der Waals surface area (Å²) in [6, 6.07) is 8.27. The third kappa shape index (κ3) is 4.41. The predicted molar refractivity (Wildman–Crippen MR) is 96.5 cm³/mol. The Kier molecular flexibility index (Phi) is 5.45. The van der Waals surface area contributed by atoms with E-state index in [4.69, 9.17) is 9.26 Å². The quantitative estimate of drug-likeness (QED) is 0.869. The molecule has 1 aliphatic heterocycles. The standard InChI is InChI=1S/C20H28N2O3/c1-15-19(16(2)25-21-15)12-24-18-7-5-17(6-8-18)11-22-10-4-9-20(3,13-22)14-23/h5-8,23H,4,9-14H2,1-3H3. The molecule has 1 saturated heterocycles. The largest absolute Gasteiger partial charge is 0.489 e. The van der Waals surface area contributed by atoms with Gasteiger partial charge in [0.15, 0.2) is 0 Å². The molecule has 0 spiro atoms. The molecule has 2 aromatic rings. The summed E-state index contributed by atoms with van der Waals surface area (Å²) in [4.78, 5) is 2.43. The smallest absolute Gasteiger partial charge is 0.140 e. The fourth-order valence-corrected chi connectivity index (χ4v) is 3.50. The molecule has 1 aromatic heterocycles. The molecular formula is C20H28N2O3. The fourth-order valence-electron chi connectivity index (χ4n) is 3.50. The summed E-state index contributed by atoms with van der Waals surface area (Å²) in [6.07, 6.45) is 2.25. The molecule has 1 aliphatic rings. The minimum absolute atomic E-state index is 0.0374. The summed E-state index contributed by atoms with van der Waals surface area (Å²) in [5, 5.41) is 13.5. The normalized spacial score (nSPS) is 21.4. The highest BCUT2D eigenvalue weighted by Gasteiger charge is 2.30. The number of ether oxygens (including phenoxy) is 1. The van der Waals surface area contributed by atoms with Gasteiger partial charge in [0.2, 0.25) is 0 Å². The first kappa shape index (κ1) is 18.0. The van der Waals surface area contributed by atoms with Crippen molar-refractivity contribution in [1.82, 2.24) is 10.1 Å². The van der Waals surface area contributed by atoms with E-state index in [0.717, 1.165) is 55.2 Å². The average Bonchev–Trinajstić information content (AvgIpc) is 2.93. The van der Waals surface area contributed by atoms with Crippen LogP contribution in [0.3, 0.4) is 0 Å². The fraction of sp³-hybridized carbons (Fsp3) is 0.550. The molecule has 0 radical (unpaired) electrons. The Bertz CT molecular complexity index is 676. The SMILES string of the molecule is Cc1noc(C)c1COc1ccc(CN2CCCC(C)(CO)C2)cc1. The maximum absolute atomic E-state index is 9.59. The van der Waals surface area contributed by atoms with E-state index in [0.29, 0.717) is 6.61 Å². The lowest BCUT2D eigenvalue weighted by Gasteiger charge is -2.39. The molecule has 0 bridgehead atoms. The first-order chi connectivity index (χ1) is 12.0. The van der Waals surface area contributed by atoms with Crippen LogP contribution in [-0.2, 0) is 13.2 Å². The molecule has 0 aliphatic carbocycles. The lowest BCUT2D eigenvalue weighted by molar-refractivity contribution is 0.0429. The van der Waals surface area contributed by atoms with Crippen molar-refractivity contribution in [2.45, 2.75) is 46.8 Å². The summed E-state index contributed by atoms with van der Waals surface area (Å²) < 4.78 is 11.0. The molecule has 1 atom stereocenters. The minimum Gasteiger partial charge on any atom is -0.489 e. The summed E-state index contributed by atoms with van der Waals surface area (Å²) in [7, 11) is 0. The Labute approximate surface area is 149 Å². The molecule has 1 unspecified atom stereocenters. The van der Waals surface area contributed by atoms with Gasteiger partial charge in [0.1, 0.15) is 18.1 Å². The van der Waals surface area contributed by atoms with E-state index in [1.165, 1.54) is 5.56 Å². The summed E-state index contributed by atoms with van der Waals surface area (Å²) in [5.41, 5.74) is 3.20. The number of likely N-dealkylation sites (tertiary alicyclic amines) is 1. The molecule has 1 aromatic carbocycles. The van der Waals surface area contributed by atoms with E-state index in [9.17, 15) is 5.11 Å². The zero-order valence-corrected chi connectivity index (χ0v) is 15.4. The molecule has 3 rings (SSSR count). The summed E-state index contributed by atoms with van der Waals surface area (Å²) in [5.74, 6) is 1.66. The number of aryl methyl sites for hydroxylation is 2. The molecule has 5 heteroatoms. The van der Waals surface area contributed by atoms with Gasteiger partial charge in [0.05, 0.1) is 11.3 Å². The number of aliphatic hydroxyl groups excluding tert-OH is 1. The predicted octanol–water partition coefficient (Wildman–Crippen LogP) is 3.46. The third-order valence-electron chi connectivity index (χ3n) is 5.14. The van der Waals surface area contributed by atoms with Crippen LogP contribution in [0.5, 0.6) is 5.75 Å². The lowest BCUT2D eigenvalue weighted by Crippen LogP contribution is -2.43. The van der Waals surface area contributed by atoms with Gasteiger partial charge >= 0.3 is 0 Å². The minimum atomic E-state index is 0.0374. The molecule has 1 fully saturated rings. The highest BCUT2D eigenvalue weighted by Crippen LogP contribution is 2.29. The van der Waals surface area contributed by atoms with Crippen LogP contribution in [0.15, 0.2) is 28.8 Å². The number of nitrogens with zero attached hydrogens (tertiary/aromatic N) is 2. The molecule has 0 saturated carbocycles. The van der Waals surface area contributed by atoms with Crippen molar-refractivity contribution in [3.05, 3.63) is 46.8 Å². The maximum Gasteiger partial charge on any atom is 0.140 e. The van der Waals surface area contributed by atoms with E-state index in [-0.39, 0.29) is 12.0 Å². The second-order valence-electron chi connectivity index (χ2n) is 7.52. The molecule has 136 valence electrons. The van der Waals surface area contributed by atoms with Gasteiger partial charge in [0, 0.05) is 25.1 Å². The second-order valence-corrected chi connectivity index (χ2v) is 7.52. The van der Waals surface area contributed by atoms with E-state index in [2.05, 4.69) is 29.1 Å². The first-order valence-electron chi connectivity index (χ1n) is 8.96. The molecule has 5 nitrogen and oxygen atoms in total. The van der Waals surface area contributed by atoms with Crippen LogP contribution in [0.4, 0.5) is 0 Å². The number of hydrogen-bond acceptors (Lipinski definition) is 5. The van der Waals surface area contributed by atoms with Crippen molar-refractivity contribution in [3.63, 3.8) is 0 Å². The Balaban J connectivity index is 1.55. The second kappa shape index (κ2) is 7.58. The van der Waals surface area contributed by atoms with E-state index in [1.54, 1.807) is 0 Å². The molecule has 2 heterocycles. The van der Waals surface area contributed by atoms with Crippen LogP contribution in [0.25, 0.3) is 0 Å². The number of aliphatic hydroxyl groups is 1. The molecule has 0 amide bonds. The Morgan fingerprint density at radius 1 is 1.28 bits per heavy atom. The van der Waals surface area contributed by atoms with Gasteiger partial charge in [-0.25, -0.2) is 0 Å². The van der Waals surface area contributed by atoms with Gasteiger partial charge in [-0.1, -0.05) is 24.2 Å². The highest BCUT2D eigenvalue weighted by molar-refractivity contribution is 5.28. The number of rotatable bonds is 6. The Hall–Kier alpha value is -1.85. The van der Waals surface area contributed by atoms with Crippen LogP contribution >= 0.6 is 0 Å². The highest BCUT2D eigenvalue weighted by atomic mass is 16.5. The van der Waals surface area contributed by atoms with Crippen LogP contribution in [-0.4, -0.2) is 34.9 Å². The van der Waals surface area contributed by atoms with Crippen LogP contribution in [0.2, 0.25) is 0 Å². The maximum atomic E-state index is 9.59. The number of piperidine rings is 1. The summed E-state index contributed by atoms with van der Waals surface area (Å²) >= 11 is 0. The van der Waals surface area contributed by atoms with Crippen molar-refractivity contribution in [2.24, 2.45) is 5.41 Å². The van der Waals surface area contributed by atoms with Gasteiger partial charge in [-0.3, -0.25) is 4.90 Å². The zero-order valence-electron chi connectivity index (χ0n) is 15.4. The molecule has 1 N–H and O–H groups in total. The monoisotopic (exact) mass is 344 g/mol. The molecule has 25 heavy (non-hydrogen) atoms. The Morgan fingerprint density at radius 2 is 2.04 bits per heavy atom. The number of hydrogen-bond donors (Lipinski definition) is 1. The van der Waals surface area contributed by atoms with Crippen LogP contribution in [0.1, 0.15) is 42.3 Å². The van der Waals surface area contributed by atoms with Crippen LogP contribution in [0, 0.1) is 19.3 Å². The first-order valence-corrected chi connectivity index (χ1v) is 8.96. The van der Waals surface area contributed by atoms with E-state index in [1.807, 2.05) is 26.0 Å². The number of aromatic nitrogens is 1. The van der Waals surface area contributed by atoms with Gasteiger partial charge in [-0.05, 0) is 50.9 Å². The zero-order chi connectivity index (χ0) is 17.9. The van der Waals surface area contributed by atoms with E-state index >= 15 is 0 Å².